The number of rotatable bonds is 5. The Morgan fingerprint density at radius 1 is 1.13 bits per heavy atom. The van der Waals surface area contributed by atoms with Crippen LogP contribution in [0.25, 0.3) is 16.6 Å². The number of thioether (sulfide) groups is 1. The predicted octanol–water partition coefficient (Wildman–Crippen LogP) is 5.22. The van der Waals surface area contributed by atoms with Crippen molar-refractivity contribution in [3.8, 4) is 5.69 Å². The summed E-state index contributed by atoms with van der Waals surface area (Å²) < 4.78 is 14.7. The lowest BCUT2D eigenvalue weighted by Gasteiger charge is -2.13. The predicted molar refractivity (Wildman–Crippen MR) is 123 cm³/mol. The number of hydrogen-bond donors (Lipinski definition) is 1. The second kappa shape index (κ2) is 8.91. The van der Waals surface area contributed by atoms with Crippen molar-refractivity contribution < 1.29 is 9.18 Å². The summed E-state index contributed by atoms with van der Waals surface area (Å²) in [5, 5.41) is 3.65. The van der Waals surface area contributed by atoms with E-state index in [0.29, 0.717) is 27.4 Å². The molecular weight excluding hydrogens is 437 g/mol. The average molecular weight is 454 g/mol. The number of nitrogens with zero attached hydrogens (tertiary/aromatic N) is 2. The summed E-state index contributed by atoms with van der Waals surface area (Å²) in [4.78, 5) is 30.3. The normalized spacial score (nSPS) is 10.9. The second-order valence-corrected chi connectivity index (χ2v) is 8.20. The first-order valence-electron chi connectivity index (χ1n) is 9.39. The largest absolute Gasteiger partial charge is 0.324 e. The maximum atomic E-state index is 13.2. The Morgan fingerprint density at radius 2 is 1.87 bits per heavy atom. The van der Waals surface area contributed by atoms with E-state index in [2.05, 4.69) is 10.3 Å². The first-order chi connectivity index (χ1) is 14.9. The van der Waals surface area contributed by atoms with E-state index in [0.717, 1.165) is 23.4 Å². The van der Waals surface area contributed by atoms with Gasteiger partial charge in [0.1, 0.15) is 5.82 Å². The molecule has 0 aliphatic heterocycles. The fourth-order valence-corrected chi connectivity index (χ4v) is 4.07. The summed E-state index contributed by atoms with van der Waals surface area (Å²) >= 11 is 7.11. The summed E-state index contributed by atoms with van der Waals surface area (Å²) in [6, 6.07) is 18.3. The van der Waals surface area contributed by atoms with Gasteiger partial charge in [0.15, 0.2) is 5.16 Å². The van der Waals surface area contributed by atoms with E-state index < -0.39 is 5.82 Å². The number of benzene rings is 3. The van der Waals surface area contributed by atoms with Gasteiger partial charge in [-0.2, -0.15) is 0 Å². The van der Waals surface area contributed by atoms with E-state index in [9.17, 15) is 14.0 Å². The van der Waals surface area contributed by atoms with E-state index in [-0.39, 0.29) is 22.2 Å². The van der Waals surface area contributed by atoms with Gasteiger partial charge in [0.05, 0.1) is 33.1 Å². The third-order valence-corrected chi connectivity index (χ3v) is 5.83. The number of amides is 1. The summed E-state index contributed by atoms with van der Waals surface area (Å²) in [5.41, 5.74) is 2.39. The van der Waals surface area contributed by atoms with Crippen LogP contribution in [0.3, 0.4) is 0 Å². The van der Waals surface area contributed by atoms with Crippen molar-refractivity contribution in [3.63, 3.8) is 0 Å². The summed E-state index contributed by atoms with van der Waals surface area (Å²) in [5.74, 6) is -0.846. The average Bonchev–Trinajstić information content (AvgIpc) is 2.75. The molecule has 31 heavy (non-hydrogen) atoms. The molecule has 156 valence electrons. The Hall–Kier alpha value is -3.16. The number of fused-ring (bicyclic) bond motifs is 1. The Morgan fingerprint density at radius 3 is 2.61 bits per heavy atom. The molecule has 0 unspecified atom stereocenters. The second-order valence-electron chi connectivity index (χ2n) is 6.85. The van der Waals surface area contributed by atoms with Gasteiger partial charge in [0.25, 0.3) is 5.56 Å². The topological polar surface area (TPSA) is 64.0 Å². The quantitative estimate of drug-likeness (QED) is 0.332. The van der Waals surface area contributed by atoms with Gasteiger partial charge in [0.2, 0.25) is 5.91 Å². The zero-order valence-electron chi connectivity index (χ0n) is 16.4. The number of hydrogen-bond acceptors (Lipinski definition) is 4. The number of nitrogens with one attached hydrogen (secondary N) is 1. The Balaban J connectivity index is 1.66. The van der Waals surface area contributed by atoms with Crippen LogP contribution in [0.1, 0.15) is 5.56 Å². The van der Waals surface area contributed by atoms with Gasteiger partial charge in [-0.25, -0.2) is 9.37 Å². The van der Waals surface area contributed by atoms with Gasteiger partial charge >= 0.3 is 0 Å². The van der Waals surface area contributed by atoms with Crippen molar-refractivity contribution in [2.75, 3.05) is 11.1 Å². The molecule has 0 saturated heterocycles. The van der Waals surface area contributed by atoms with Gasteiger partial charge in [-0.15, -0.1) is 0 Å². The molecular formula is C23H17ClFN3O2S. The highest BCUT2D eigenvalue weighted by atomic mass is 35.5. The highest BCUT2D eigenvalue weighted by Gasteiger charge is 2.15. The van der Waals surface area contributed by atoms with Crippen LogP contribution in [0.2, 0.25) is 5.02 Å². The molecule has 0 aliphatic carbocycles. The van der Waals surface area contributed by atoms with Crippen molar-refractivity contribution in [1.29, 1.82) is 0 Å². The number of carbonyl (C=O) groups excluding carboxylic acids is 1. The Kier molecular flexibility index (Phi) is 6.06. The highest BCUT2D eigenvalue weighted by Crippen LogP contribution is 2.24. The van der Waals surface area contributed by atoms with Crippen molar-refractivity contribution >= 4 is 45.9 Å². The molecule has 4 rings (SSSR count). The number of halogens is 2. The molecule has 0 aliphatic rings. The number of para-hydroxylation sites is 1. The molecule has 0 bridgehead atoms. The molecule has 1 amide bonds. The third kappa shape index (κ3) is 4.62. The van der Waals surface area contributed by atoms with E-state index in [1.807, 2.05) is 37.3 Å². The maximum Gasteiger partial charge on any atom is 0.266 e. The molecule has 3 aromatic carbocycles. The van der Waals surface area contributed by atoms with Crippen molar-refractivity contribution in [3.05, 3.63) is 93.5 Å². The molecule has 5 nitrogen and oxygen atoms in total. The smallest absolute Gasteiger partial charge is 0.266 e. The fourth-order valence-electron chi connectivity index (χ4n) is 3.04. The standard InChI is InChI=1S/C23H17ClFN3O2S/c1-14-6-9-16(10-7-14)28-22(30)17-4-2-3-5-19(17)27-23(28)31-13-21(29)26-20-11-8-15(25)12-18(20)24/h2-12H,13H2,1H3,(H,26,29). The van der Waals surface area contributed by atoms with E-state index in [1.54, 1.807) is 18.2 Å². The molecule has 0 saturated carbocycles. The molecule has 4 aromatic rings. The van der Waals surface area contributed by atoms with Gasteiger partial charge in [0, 0.05) is 0 Å². The van der Waals surface area contributed by atoms with Crippen LogP contribution in [-0.2, 0) is 4.79 Å². The van der Waals surface area contributed by atoms with Crippen LogP contribution >= 0.6 is 23.4 Å². The van der Waals surface area contributed by atoms with Crippen LogP contribution < -0.4 is 10.9 Å². The van der Waals surface area contributed by atoms with Gasteiger partial charge in [-0.3, -0.25) is 14.2 Å². The Labute approximate surface area is 186 Å². The lowest BCUT2D eigenvalue weighted by atomic mass is 10.2. The first-order valence-corrected chi connectivity index (χ1v) is 10.8. The summed E-state index contributed by atoms with van der Waals surface area (Å²) in [6.45, 7) is 1.96. The molecule has 1 heterocycles. The van der Waals surface area contributed by atoms with Crippen LogP contribution in [0.5, 0.6) is 0 Å². The number of aryl methyl sites for hydroxylation is 1. The molecule has 1 aromatic heterocycles. The van der Waals surface area contributed by atoms with E-state index >= 15 is 0 Å². The van der Waals surface area contributed by atoms with Crippen LogP contribution in [0.15, 0.2) is 76.7 Å². The van der Waals surface area contributed by atoms with Gasteiger partial charge in [-0.1, -0.05) is 53.2 Å². The number of anilines is 1. The van der Waals surface area contributed by atoms with E-state index in [4.69, 9.17) is 11.6 Å². The minimum absolute atomic E-state index is 0.00958. The maximum absolute atomic E-state index is 13.2. The minimum Gasteiger partial charge on any atom is -0.324 e. The summed E-state index contributed by atoms with van der Waals surface area (Å²) in [6.07, 6.45) is 0. The van der Waals surface area contributed by atoms with Crippen LogP contribution in [0, 0.1) is 12.7 Å². The monoisotopic (exact) mass is 453 g/mol. The lowest BCUT2D eigenvalue weighted by Crippen LogP contribution is -2.23. The molecule has 8 heteroatoms. The zero-order chi connectivity index (χ0) is 22.0. The first kappa shape index (κ1) is 21.1. The zero-order valence-corrected chi connectivity index (χ0v) is 18.0. The Bertz CT molecular complexity index is 1340. The lowest BCUT2D eigenvalue weighted by molar-refractivity contribution is -0.113. The SMILES string of the molecule is Cc1ccc(-n2c(SCC(=O)Nc3ccc(F)cc3Cl)nc3ccccc3c2=O)cc1. The van der Waals surface area contributed by atoms with Crippen LogP contribution in [0.4, 0.5) is 10.1 Å². The van der Waals surface area contributed by atoms with Gasteiger partial charge < -0.3 is 5.32 Å². The van der Waals surface area contributed by atoms with E-state index in [1.165, 1.54) is 16.7 Å². The van der Waals surface area contributed by atoms with Crippen molar-refractivity contribution in [2.45, 2.75) is 12.1 Å². The minimum atomic E-state index is -0.486. The molecule has 0 radical (unpaired) electrons. The van der Waals surface area contributed by atoms with Crippen molar-refractivity contribution in [1.82, 2.24) is 9.55 Å². The van der Waals surface area contributed by atoms with Gasteiger partial charge in [-0.05, 0) is 49.4 Å². The molecule has 0 fully saturated rings. The van der Waals surface area contributed by atoms with Crippen molar-refractivity contribution in [2.24, 2.45) is 0 Å². The number of carbonyl (C=O) groups is 1. The number of aromatic nitrogens is 2. The molecule has 0 spiro atoms. The van der Waals surface area contributed by atoms with Crippen LogP contribution in [-0.4, -0.2) is 21.2 Å². The molecule has 1 N–H and O–H groups in total. The summed E-state index contributed by atoms with van der Waals surface area (Å²) in [7, 11) is 0. The third-order valence-electron chi connectivity index (χ3n) is 4.57. The highest BCUT2D eigenvalue weighted by molar-refractivity contribution is 7.99. The fraction of sp³-hybridized carbons (Fsp3) is 0.0870. The molecule has 0 atom stereocenters.